The van der Waals surface area contributed by atoms with Gasteiger partial charge in [0.15, 0.2) is 0 Å². The van der Waals surface area contributed by atoms with Gasteiger partial charge in [0.1, 0.15) is 5.75 Å². The molecule has 4 aromatic rings. The maximum Gasteiger partial charge on any atom is 0.123 e. The fourth-order valence-corrected chi connectivity index (χ4v) is 3.34. The first kappa shape index (κ1) is 16.2. The molecule has 1 N–H and O–H groups in total. The molecule has 0 saturated carbocycles. The Morgan fingerprint density at radius 2 is 1.12 bits per heavy atom. The lowest BCUT2D eigenvalue weighted by atomic mass is 9.93. The standard InChI is InChI=1S/C25H20O/c26-25-16-15-19(18-24(25)21-11-5-2-6-12-21)17-22-13-7-8-14-23(22)20-9-3-1-4-10-20/h1-16,18,26H,17H2. The van der Waals surface area contributed by atoms with Crippen molar-refractivity contribution in [1.29, 1.82) is 0 Å². The van der Waals surface area contributed by atoms with E-state index in [2.05, 4.69) is 54.6 Å². The number of aromatic hydroxyl groups is 1. The SMILES string of the molecule is Oc1ccc(Cc2ccccc2-c2ccccc2)cc1-c1ccccc1. The molecule has 4 aromatic carbocycles. The van der Waals surface area contributed by atoms with Crippen LogP contribution in [0.5, 0.6) is 5.75 Å². The van der Waals surface area contributed by atoms with Crippen LogP contribution in [-0.2, 0) is 6.42 Å². The van der Waals surface area contributed by atoms with Gasteiger partial charge in [-0.1, -0.05) is 91.0 Å². The van der Waals surface area contributed by atoms with E-state index < -0.39 is 0 Å². The number of hydrogen-bond acceptors (Lipinski definition) is 1. The van der Waals surface area contributed by atoms with Gasteiger partial charge in [-0.15, -0.1) is 0 Å². The maximum absolute atomic E-state index is 10.3. The Morgan fingerprint density at radius 3 is 1.81 bits per heavy atom. The second-order valence-corrected chi connectivity index (χ2v) is 6.42. The summed E-state index contributed by atoms with van der Waals surface area (Å²) in [6.45, 7) is 0. The van der Waals surface area contributed by atoms with Crippen molar-refractivity contribution in [3.63, 3.8) is 0 Å². The Balaban J connectivity index is 1.71. The van der Waals surface area contributed by atoms with Crippen molar-refractivity contribution in [2.24, 2.45) is 0 Å². The highest BCUT2D eigenvalue weighted by atomic mass is 16.3. The van der Waals surface area contributed by atoms with Gasteiger partial charge >= 0.3 is 0 Å². The van der Waals surface area contributed by atoms with E-state index in [1.54, 1.807) is 6.07 Å². The van der Waals surface area contributed by atoms with Gasteiger partial charge in [0, 0.05) is 5.56 Å². The Bertz CT molecular complexity index is 1000. The second kappa shape index (κ2) is 7.28. The molecule has 26 heavy (non-hydrogen) atoms. The Morgan fingerprint density at radius 1 is 0.538 bits per heavy atom. The highest BCUT2D eigenvalue weighted by Gasteiger charge is 2.09. The molecule has 0 aliphatic heterocycles. The summed E-state index contributed by atoms with van der Waals surface area (Å²) in [5.41, 5.74) is 6.85. The summed E-state index contributed by atoms with van der Waals surface area (Å²) in [5.74, 6) is 0.316. The Labute approximate surface area is 154 Å². The van der Waals surface area contributed by atoms with Gasteiger partial charge in [0.2, 0.25) is 0 Å². The van der Waals surface area contributed by atoms with Gasteiger partial charge in [-0.3, -0.25) is 0 Å². The summed E-state index contributed by atoms with van der Waals surface area (Å²) in [5, 5.41) is 10.3. The fourth-order valence-electron chi connectivity index (χ4n) is 3.34. The number of hydrogen-bond donors (Lipinski definition) is 1. The van der Waals surface area contributed by atoms with E-state index in [4.69, 9.17) is 0 Å². The van der Waals surface area contributed by atoms with Crippen LogP contribution in [0.1, 0.15) is 11.1 Å². The molecule has 126 valence electrons. The summed E-state index contributed by atoms with van der Waals surface area (Å²) in [6.07, 6.45) is 0.825. The molecule has 0 radical (unpaired) electrons. The van der Waals surface area contributed by atoms with Crippen molar-refractivity contribution >= 4 is 0 Å². The number of phenolic OH excluding ortho intramolecular Hbond substituents is 1. The largest absolute Gasteiger partial charge is 0.507 e. The molecule has 0 aromatic heterocycles. The highest BCUT2D eigenvalue weighted by molar-refractivity contribution is 5.72. The molecule has 0 fully saturated rings. The molecular weight excluding hydrogens is 316 g/mol. The van der Waals surface area contributed by atoms with Crippen LogP contribution in [0.4, 0.5) is 0 Å². The number of phenols is 1. The van der Waals surface area contributed by atoms with Crippen LogP contribution in [0.3, 0.4) is 0 Å². The van der Waals surface area contributed by atoms with E-state index >= 15 is 0 Å². The van der Waals surface area contributed by atoms with Gasteiger partial charge in [0.25, 0.3) is 0 Å². The Kier molecular flexibility index (Phi) is 4.53. The third kappa shape index (κ3) is 3.38. The summed E-state index contributed by atoms with van der Waals surface area (Å²) >= 11 is 0. The highest BCUT2D eigenvalue weighted by Crippen LogP contribution is 2.32. The fraction of sp³-hybridized carbons (Fsp3) is 0.0400. The van der Waals surface area contributed by atoms with Crippen molar-refractivity contribution in [1.82, 2.24) is 0 Å². The zero-order chi connectivity index (χ0) is 17.8. The van der Waals surface area contributed by atoms with Gasteiger partial charge < -0.3 is 5.11 Å². The monoisotopic (exact) mass is 336 g/mol. The Hall–Kier alpha value is -3.32. The predicted octanol–water partition coefficient (Wildman–Crippen LogP) is 6.32. The third-order valence-corrected chi connectivity index (χ3v) is 4.64. The predicted molar refractivity (Wildman–Crippen MR) is 108 cm³/mol. The average Bonchev–Trinajstić information content (AvgIpc) is 2.71. The normalized spacial score (nSPS) is 10.6. The first-order valence-corrected chi connectivity index (χ1v) is 8.82. The quantitative estimate of drug-likeness (QED) is 0.462. The molecule has 0 atom stereocenters. The molecule has 1 nitrogen and oxygen atoms in total. The van der Waals surface area contributed by atoms with Crippen LogP contribution in [-0.4, -0.2) is 5.11 Å². The zero-order valence-electron chi connectivity index (χ0n) is 14.5. The van der Waals surface area contributed by atoms with E-state index in [9.17, 15) is 5.11 Å². The molecular formula is C25H20O. The third-order valence-electron chi connectivity index (χ3n) is 4.64. The minimum absolute atomic E-state index is 0.316. The van der Waals surface area contributed by atoms with Crippen LogP contribution >= 0.6 is 0 Å². The molecule has 4 rings (SSSR count). The van der Waals surface area contributed by atoms with Crippen molar-refractivity contribution in [2.45, 2.75) is 6.42 Å². The van der Waals surface area contributed by atoms with Gasteiger partial charge in [-0.2, -0.15) is 0 Å². The van der Waals surface area contributed by atoms with Crippen molar-refractivity contribution in [2.75, 3.05) is 0 Å². The minimum atomic E-state index is 0.316. The summed E-state index contributed by atoms with van der Waals surface area (Å²) in [6, 6.07) is 34.9. The summed E-state index contributed by atoms with van der Waals surface area (Å²) in [7, 11) is 0. The van der Waals surface area contributed by atoms with Crippen LogP contribution in [0.15, 0.2) is 103 Å². The number of benzene rings is 4. The molecule has 1 heteroatoms. The van der Waals surface area contributed by atoms with Crippen LogP contribution < -0.4 is 0 Å². The topological polar surface area (TPSA) is 20.2 Å². The molecule has 0 aliphatic carbocycles. The first-order valence-electron chi connectivity index (χ1n) is 8.82. The lowest BCUT2D eigenvalue weighted by Crippen LogP contribution is -1.93. The van der Waals surface area contributed by atoms with Gasteiger partial charge in [-0.25, -0.2) is 0 Å². The molecule has 0 aliphatic rings. The van der Waals surface area contributed by atoms with Crippen molar-refractivity contribution in [3.8, 4) is 28.0 Å². The van der Waals surface area contributed by atoms with E-state index in [-0.39, 0.29) is 0 Å². The lowest BCUT2D eigenvalue weighted by molar-refractivity contribution is 0.477. The molecule has 0 bridgehead atoms. The van der Waals surface area contributed by atoms with E-state index in [1.807, 2.05) is 42.5 Å². The molecule has 0 amide bonds. The average molecular weight is 336 g/mol. The van der Waals surface area contributed by atoms with Crippen LogP contribution in [0, 0.1) is 0 Å². The van der Waals surface area contributed by atoms with Crippen LogP contribution in [0.25, 0.3) is 22.3 Å². The van der Waals surface area contributed by atoms with E-state index in [0.717, 1.165) is 17.5 Å². The van der Waals surface area contributed by atoms with Crippen molar-refractivity contribution < 1.29 is 5.11 Å². The molecule has 0 saturated heterocycles. The smallest absolute Gasteiger partial charge is 0.123 e. The summed E-state index contributed by atoms with van der Waals surface area (Å²) in [4.78, 5) is 0. The van der Waals surface area contributed by atoms with Crippen LogP contribution in [0.2, 0.25) is 0 Å². The van der Waals surface area contributed by atoms with Gasteiger partial charge in [0.05, 0.1) is 0 Å². The van der Waals surface area contributed by atoms with E-state index in [0.29, 0.717) is 5.75 Å². The second-order valence-electron chi connectivity index (χ2n) is 6.42. The van der Waals surface area contributed by atoms with Gasteiger partial charge in [-0.05, 0) is 46.4 Å². The van der Waals surface area contributed by atoms with E-state index in [1.165, 1.54) is 22.3 Å². The molecule has 0 heterocycles. The molecule has 0 spiro atoms. The lowest BCUT2D eigenvalue weighted by Gasteiger charge is -2.12. The minimum Gasteiger partial charge on any atom is -0.507 e. The zero-order valence-corrected chi connectivity index (χ0v) is 14.5. The van der Waals surface area contributed by atoms with Crippen molar-refractivity contribution in [3.05, 3.63) is 114 Å². The number of rotatable bonds is 4. The summed E-state index contributed by atoms with van der Waals surface area (Å²) < 4.78 is 0. The first-order chi connectivity index (χ1) is 12.8. The molecule has 0 unspecified atom stereocenters. The maximum atomic E-state index is 10.3.